The lowest BCUT2D eigenvalue weighted by molar-refractivity contribution is -0.129. The molecule has 7 nitrogen and oxygen atoms in total. The Bertz CT molecular complexity index is 863. The highest BCUT2D eigenvalue weighted by atomic mass is 16.5. The van der Waals surface area contributed by atoms with E-state index in [9.17, 15) is 14.4 Å². The van der Waals surface area contributed by atoms with Gasteiger partial charge in [0.05, 0.1) is 0 Å². The molecule has 0 unspecified atom stereocenters. The van der Waals surface area contributed by atoms with Gasteiger partial charge in [-0.15, -0.1) is 0 Å². The Kier molecular flexibility index (Phi) is 9.24. The number of alkyl carbamates (subject to hydrolysis) is 1. The fourth-order valence-corrected chi connectivity index (χ4v) is 2.78. The summed E-state index contributed by atoms with van der Waals surface area (Å²) in [5, 5.41) is 18.8. The predicted molar refractivity (Wildman–Crippen MR) is 113 cm³/mol. The summed E-state index contributed by atoms with van der Waals surface area (Å²) in [7, 11) is 0. The normalized spacial score (nSPS) is 10.3. The zero-order valence-electron chi connectivity index (χ0n) is 16.7. The van der Waals surface area contributed by atoms with E-state index in [1.165, 1.54) is 0 Å². The molecule has 2 rings (SSSR count). The van der Waals surface area contributed by atoms with Crippen LogP contribution in [0, 0.1) is 5.41 Å². The van der Waals surface area contributed by atoms with Crippen molar-refractivity contribution < 1.29 is 24.2 Å². The number of amides is 1. The van der Waals surface area contributed by atoms with Crippen molar-refractivity contribution >= 4 is 23.6 Å². The van der Waals surface area contributed by atoms with Crippen molar-refractivity contribution in [2.75, 3.05) is 6.54 Å². The van der Waals surface area contributed by atoms with E-state index in [0.717, 1.165) is 18.4 Å². The summed E-state index contributed by atoms with van der Waals surface area (Å²) in [5.74, 6) is -1.22. The van der Waals surface area contributed by atoms with E-state index in [-0.39, 0.29) is 24.5 Å². The summed E-state index contributed by atoms with van der Waals surface area (Å²) in [6, 6.07) is 16.1. The molecule has 158 valence electrons. The summed E-state index contributed by atoms with van der Waals surface area (Å²) < 4.78 is 5.13. The van der Waals surface area contributed by atoms with Crippen LogP contribution >= 0.6 is 0 Å². The lowest BCUT2D eigenvalue weighted by Gasteiger charge is -2.07. The molecule has 0 aliphatic heterocycles. The zero-order valence-corrected chi connectivity index (χ0v) is 16.7. The number of aliphatic carboxylic acids is 1. The Morgan fingerprint density at radius 3 is 2.27 bits per heavy atom. The van der Waals surface area contributed by atoms with Crippen molar-refractivity contribution in [3.63, 3.8) is 0 Å². The van der Waals surface area contributed by atoms with Crippen LogP contribution in [0.5, 0.6) is 0 Å². The fourth-order valence-electron chi connectivity index (χ4n) is 2.78. The molecule has 0 fully saturated rings. The van der Waals surface area contributed by atoms with E-state index in [1.807, 2.05) is 30.3 Å². The van der Waals surface area contributed by atoms with Crippen LogP contribution in [-0.2, 0) is 22.6 Å². The van der Waals surface area contributed by atoms with E-state index >= 15 is 0 Å². The molecular formula is C23H26N2O5. The Labute approximate surface area is 175 Å². The van der Waals surface area contributed by atoms with Gasteiger partial charge in [0.15, 0.2) is 5.78 Å². The number of hydrogen-bond donors (Lipinski definition) is 3. The predicted octanol–water partition coefficient (Wildman–Crippen LogP) is 4.00. The van der Waals surface area contributed by atoms with Crippen molar-refractivity contribution in [3.05, 3.63) is 71.3 Å². The maximum atomic E-state index is 12.2. The number of benzene rings is 2. The number of carboxylic acid groups (broad SMARTS) is 1. The Hall–Kier alpha value is -3.48. The van der Waals surface area contributed by atoms with Gasteiger partial charge in [-0.05, 0) is 24.0 Å². The summed E-state index contributed by atoms with van der Waals surface area (Å²) in [6.07, 6.45) is 2.26. The first-order chi connectivity index (χ1) is 14.5. The third-order valence-corrected chi connectivity index (χ3v) is 4.48. The number of rotatable bonds is 12. The average Bonchev–Trinajstić information content (AvgIpc) is 2.75. The molecule has 7 heteroatoms. The highest BCUT2D eigenvalue weighted by Crippen LogP contribution is 2.11. The van der Waals surface area contributed by atoms with Gasteiger partial charge in [-0.25, -0.2) is 9.59 Å². The van der Waals surface area contributed by atoms with E-state index in [1.54, 1.807) is 24.3 Å². The first kappa shape index (κ1) is 22.8. The SMILES string of the molecule is N=C(Cc1ccc(C(=O)CCCCCNC(=O)OCc2ccccc2)cc1)C(=O)O. The van der Waals surface area contributed by atoms with E-state index in [4.69, 9.17) is 15.3 Å². The van der Waals surface area contributed by atoms with Gasteiger partial charge >= 0.3 is 12.1 Å². The minimum absolute atomic E-state index is 0.0186. The quantitative estimate of drug-likeness (QED) is 0.278. The molecule has 0 bridgehead atoms. The third-order valence-electron chi connectivity index (χ3n) is 4.48. The number of carbonyl (C=O) groups excluding carboxylic acids is 2. The van der Waals surface area contributed by atoms with Gasteiger partial charge < -0.3 is 15.2 Å². The first-order valence-corrected chi connectivity index (χ1v) is 9.83. The molecule has 0 radical (unpaired) electrons. The molecule has 2 aromatic rings. The molecule has 0 atom stereocenters. The van der Waals surface area contributed by atoms with E-state index in [0.29, 0.717) is 30.5 Å². The van der Waals surface area contributed by atoms with Gasteiger partial charge in [-0.3, -0.25) is 10.2 Å². The highest BCUT2D eigenvalue weighted by Gasteiger charge is 2.09. The molecule has 0 heterocycles. The molecule has 0 saturated carbocycles. The Morgan fingerprint density at radius 2 is 1.60 bits per heavy atom. The lowest BCUT2D eigenvalue weighted by atomic mass is 10.0. The van der Waals surface area contributed by atoms with Crippen molar-refractivity contribution in [1.29, 1.82) is 5.41 Å². The minimum Gasteiger partial charge on any atom is -0.477 e. The number of ketones is 1. The zero-order chi connectivity index (χ0) is 21.8. The molecule has 2 aromatic carbocycles. The summed E-state index contributed by atoms with van der Waals surface area (Å²) >= 11 is 0. The largest absolute Gasteiger partial charge is 0.477 e. The number of Topliss-reactive ketones (excluding diaryl/α,β-unsaturated/α-hetero) is 1. The van der Waals surface area contributed by atoms with Gasteiger partial charge in [0, 0.05) is 24.9 Å². The smallest absolute Gasteiger partial charge is 0.407 e. The summed E-state index contributed by atoms with van der Waals surface area (Å²) in [5.41, 5.74) is 1.80. The molecular weight excluding hydrogens is 384 g/mol. The van der Waals surface area contributed by atoms with Crippen LogP contribution in [0.15, 0.2) is 54.6 Å². The van der Waals surface area contributed by atoms with E-state index < -0.39 is 12.1 Å². The maximum Gasteiger partial charge on any atom is 0.407 e. The van der Waals surface area contributed by atoms with E-state index in [2.05, 4.69) is 5.32 Å². The topological polar surface area (TPSA) is 117 Å². The highest BCUT2D eigenvalue weighted by molar-refractivity contribution is 6.34. The number of carbonyl (C=O) groups is 3. The average molecular weight is 410 g/mol. The van der Waals surface area contributed by atoms with Crippen LogP contribution in [0.3, 0.4) is 0 Å². The monoisotopic (exact) mass is 410 g/mol. The third kappa shape index (κ3) is 8.26. The Balaban J connectivity index is 1.58. The number of ether oxygens (including phenoxy) is 1. The van der Waals surface area contributed by atoms with Gasteiger partial charge in [-0.2, -0.15) is 0 Å². The van der Waals surface area contributed by atoms with Crippen LogP contribution in [0.1, 0.15) is 47.2 Å². The second-order valence-corrected chi connectivity index (χ2v) is 6.88. The van der Waals surface area contributed by atoms with Crippen LogP contribution in [0.25, 0.3) is 0 Å². The summed E-state index contributed by atoms with van der Waals surface area (Å²) in [6.45, 7) is 0.726. The second-order valence-electron chi connectivity index (χ2n) is 6.88. The second kappa shape index (κ2) is 12.2. The standard InChI is InChI=1S/C23H26N2O5/c24-20(22(27)28)15-17-10-12-19(13-11-17)21(26)9-5-2-6-14-25-23(29)30-16-18-7-3-1-4-8-18/h1,3-4,7-8,10-13,24H,2,5-6,9,14-16H2,(H,25,29)(H,27,28). The first-order valence-electron chi connectivity index (χ1n) is 9.83. The number of nitrogens with one attached hydrogen (secondary N) is 2. The Morgan fingerprint density at radius 1 is 0.900 bits per heavy atom. The van der Waals surface area contributed by atoms with Crippen LogP contribution < -0.4 is 5.32 Å². The molecule has 3 N–H and O–H groups in total. The number of unbranched alkanes of at least 4 members (excludes halogenated alkanes) is 2. The lowest BCUT2D eigenvalue weighted by Crippen LogP contribution is -2.25. The van der Waals surface area contributed by atoms with Crippen molar-refractivity contribution in [2.45, 2.75) is 38.7 Å². The number of hydrogen-bond acceptors (Lipinski definition) is 5. The van der Waals surface area contributed by atoms with Gasteiger partial charge in [0.2, 0.25) is 0 Å². The number of carboxylic acids is 1. The maximum absolute atomic E-state index is 12.2. The van der Waals surface area contributed by atoms with Gasteiger partial charge in [-0.1, -0.05) is 61.0 Å². The van der Waals surface area contributed by atoms with Crippen molar-refractivity contribution in [2.24, 2.45) is 0 Å². The molecule has 0 aromatic heterocycles. The van der Waals surface area contributed by atoms with Crippen LogP contribution in [-0.4, -0.2) is 35.2 Å². The van der Waals surface area contributed by atoms with Crippen LogP contribution in [0.4, 0.5) is 4.79 Å². The molecule has 0 aliphatic carbocycles. The van der Waals surface area contributed by atoms with Gasteiger partial charge in [0.1, 0.15) is 12.3 Å². The molecule has 0 spiro atoms. The molecule has 1 amide bonds. The molecule has 30 heavy (non-hydrogen) atoms. The molecule has 0 saturated heterocycles. The van der Waals surface area contributed by atoms with Crippen LogP contribution in [0.2, 0.25) is 0 Å². The van der Waals surface area contributed by atoms with Crippen molar-refractivity contribution in [3.8, 4) is 0 Å². The van der Waals surface area contributed by atoms with Crippen molar-refractivity contribution in [1.82, 2.24) is 5.32 Å². The fraction of sp³-hybridized carbons (Fsp3) is 0.304. The molecule has 0 aliphatic rings. The minimum atomic E-state index is -1.24. The summed E-state index contributed by atoms with van der Waals surface area (Å²) in [4.78, 5) is 34.6. The van der Waals surface area contributed by atoms with Gasteiger partial charge in [0.25, 0.3) is 0 Å².